The van der Waals surface area contributed by atoms with E-state index in [0.717, 1.165) is 0 Å². The number of carbonyl (C=O) groups excluding carboxylic acids is 1. The highest BCUT2D eigenvalue weighted by Gasteiger charge is 2.33. The minimum Gasteiger partial charge on any atom is -0.465 e. The van der Waals surface area contributed by atoms with E-state index in [1.165, 1.54) is 13.5 Å². The van der Waals surface area contributed by atoms with Crippen LogP contribution in [0.4, 0.5) is 0 Å². The van der Waals surface area contributed by atoms with E-state index in [-0.39, 0.29) is 5.97 Å². The highest BCUT2D eigenvalue weighted by atomic mass is 16.5. The molecule has 2 atom stereocenters. The van der Waals surface area contributed by atoms with Crippen LogP contribution in [0.2, 0.25) is 0 Å². The maximum atomic E-state index is 11.4. The van der Waals surface area contributed by atoms with Crippen molar-refractivity contribution in [3.8, 4) is 0 Å². The van der Waals surface area contributed by atoms with Crippen LogP contribution in [0.1, 0.15) is 27.2 Å². The standard InChI is InChI=1S/C13H20O2/c1-5-6-11(13(14)15-4)8-12-9(2)7-10(12)3/h5-6,8-10,12H,7H2,1-4H3/b6-5-,11-8+. The Bertz CT molecular complexity index is 281. The molecule has 2 nitrogen and oxygen atoms in total. The third-order valence-electron chi connectivity index (χ3n) is 3.20. The van der Waals surface area contributed by atoms with Crippen molar-refractivity contribution in [2.24, 2.45) is 17.8 Å². The first kappa shape index (κ1) is 12.0. The van der Waals surface area contributed by atoms with Crippen LogP contribution in [0.25, 0.3) is 0 Å². The van der Waals surface area contributed by atoms with Gasteiger partial charge in [0.1, 0.15) is 0 Å². The molecule has 15 heavy (non-hydrogen) atoms. The molecule has 1 fully saturated rings. The largest absolute Gasteiger partial charge is 0.465 e. The van der Waals surface area contributed by atoms with E-state index >= 15 is 0 Å². The van der Waals surface area contributed by atoms with Crippen molar-refractivity contribution in [2.75, 3.05) is 7.11 Å². The van der Waals surface area contributed by atoms with Gasteiger partial charge >= 0.3 is 5.97 Å². The Morgan fingerprint density at radius 3 is 2.33 bits per heavy atom. The minimum absolute atomic E-state index is 0.237. The first-order chi connectivity index (χ1) is 7.10. The maximum Gasteiger partial charge on any atom is 0.337 e. The number of ether oxygens (including phenoxy) is 1. The van der Waals surface area contributed by atoms with Crippen molar-refractivity contribution in [3.05, 3.63) is 23.8 Å². The minimum atomic E-state index is -0.237. The summed E-state index contributed by atoms with van der Waals surface area (Å²) in [5, 5.41) is 0. The smallest absolute Gasteiger partial charge is 0.337 e. The fourth-order valence-corrected chi connectivity index (χ4v) is 2.29. The summed E-state index contributed by atoms with van der Waals surface area (Å²) in [5.41, 5.74) is 0.684. The predicted octanol–water partition coefficient (Wildman–Crippen LogP) is 2.95. The van der Waals surface area contributed by atoms with Crippen LogP contribution in [0, 0.1) is 17.8 Å². The Hall–Kier alpha value is -1.05. The molecular weight excluding hydrogens is 188 g/mol. The first-order valence-electron chi connectivity index (χ1n) is 5.53. The van der Waals surface area contributed by atoms with Gasteiger partial charge in [-0.1, -0.05) is 32.1 Å². The van der Waals surface area contributed by atoms with E-state index in [0.29, 0.717) is 23.3 Å². The average molecular weight is 208 g/mol. The van der Waals surface area contributed by atoms with Crippen molar-refractivity contribution in [1.82, 2.24) is 0 Å². The molecule has 1 saturated carbocycles. The van der Waals surface area contributed by atoms with Gasteiger partial charge in [0.2, 0.25) is 0 Å². The van der Waals surface area contributed by atoms with Gasteiger partial charge in [0.25, 0.3) is 0 Å². The average Bonchev–Trinajstić information content (AvgIpc) is 2.23. The lowest BCUT2D eigenvalue weighted by Crippen LogP contribution is -2.31. The number of esters is 1. The molecule has 0 heterocycles. The van der Waals surface area contributed by atoms with E-state index in [9.17, 15) is 4.79 Å². The molecule has 0 aromatic rings. The highest BCUT2D eigenvalue weighted by molar-refractivity contribution is 5.91. The molecule has 0 N–H and O–H groups in total. The SMILES string of the molecule is C/C=C\C(=C/C1C(C)CC1C)C(=O)OC. The Morgan fingerprint density at radius 2 is 1.93 bits per heavy atom. The zero-order valence-corrected chi connectivity index (χ0v) is 9.99. The number of rotatable bonds is 3. The monoisotopic (exact) mass is 208 g/mol. The molecule has 84 valence electrons. The Kier molecular flexibility index (Phi) is 4.13. The molecule has 2 heteroatoms. The predicted molar refractivity (Wildman–Crippen MR) is 61.3 cm³/mol. The van der Waals surface area contributed by atoms with Gasteiger partial charge in [0.15, 0.2) is 0 Å². The Morgan fingerprint density at radius 1 is 1.33 bits per heavy atom. The van der Waals surface area contributed by atoms with Crippen LogP contribution < -0.4 is 0 Å². The Labute approximate surface area is 92.0 Å². The molecule has 1 aliphatic rings. The molecule has 0 aliphatic heterocycles. The van der Waals surface area contributed by atoms with E-state index < -0.39 is 0 Å². The van der Waals surface area contributed by atoms with Gasteiger partial charge in [-0.05, 0) is 31.1 Å². The third-order valence-corrected chi connectivity index (χ3v) is 3.20. The quantitative estimate of drug-likeness (QED) is 0.405. The summed E-state index contributed by atoms with van der Waals surface area (Å²) in [5.74, 6) is 1.66. The van der Waals surface area contributed by atoms with Gasteiger partial charge in [-0.15, -0.1) is 0 Å². The van der Waals surface area contributed by atoms with E-state index in [1.54, 1.807) is 0 Å². The molecule has 0 spiro atoms. The summed E-state index contributed by atoms with van der Waals surface area (Å²) in [6, 6.07) is 0. The second kappa shape index (κ2) is 5.15. The van der Waals surface area contributed by atoms with E-state index in [1.807, 2.05) is 19.1 Å². The fourth-order valence-electron chi connectivity index (χ4n) is 2.29. The second-order valence-corrected chi connectivity index (χ2v) is 4.38. The van der Waals surface area contributed by atoms with Gasteiger partial charge in [0.05, 0.1) is 12.7 Å². The second-order valence-electron chi connectivity index (χ2n) is 4.38. The van der Waals surface area contributed by atoms with Crippen molar-refractivity contribution in [1.29, 1.82) is 0 Å². The number of allylic oxidation sites excluding steroid dienone is 2. The van der Waals surface area contributed by atoms with Gasteiger partial charge in [-0.3, -0.25) is 0 Å². The van der Waals surface area contributed by atoms with Crippen LogP contribution in [-0.2, 0) is 9.53 Å². The number of hydrogen-bond acceptors (Lipinski definition) is 2. The van der Waals surface area contributed by atoms with Crippen LogP contribution in [-0.4, -0.2) is 13.1 Å². The lowest BCUT2D eigenvalue weighted by Gasteiger charge is -2.39. The maximum absolute atomic E-state index is 11.4. The molecule has 0 aromatic carbocycles. The van der Waals surface area contributed by atoms with Gasteiger partial charge in [-0.2, -0.15) is 0 Å². The van der Waals surface area contributed by atoms with Gasteiger partial charge in [-0.25, -0.2) is 4.79 Å². The lowest BCUT2D eigenvalue weighted by atomic mass is 9.66. The van der Waals surface area contributed by atoms with Crippen LogP contribution >= 0.6 is 0 Å². The number of carbonyl (C=O) groups is 1. The molecule has 1 rings (SSSR count). The van der Waals surface area contributed by atoms with Crippen LogP contribution in [0.3, 0.4) is 0 Å². The van der Waals surface area contributed by atoms with Crippen molar-refractivity contribution in [3.63, 3.8) is 0 Å². The summed E-state index contributed by atoms with van der Waals surface area (Å²) in [4.78, 5) is 11.4. The van der Waals surface area contributed by atoms with Gasteiger partial charge < -0.3 is 4.74 Å². The van der Waals surface area contributed by atoms with Crippen molar-refractivity contribution >= 4 is 5.97 Å². The summed E-state index contributed by atoms with van der Waals surface area (Å²) < 4.78 is 4.75. The lowest BCUT2D eigenvalue weighted by molar-refractivity contribution is -0.135. The number of methoxy groups -OCH3 is 1. The Balaban J connectivity index is 2.79. The summed E-state index contributed by atoms with van der Waals surface area (Å²) >= 11 is 0. The van der Waals surface area contributed by atoms with Crippen LogP contribution in [0.15, 0.2) is 23.8 Å². The summed E-state index contributed by atoms with van der Waals surface area (Å²) in [6.45, 7) is 6.36. The van der Waals surface area contributed by atoms with E-state index in [4.69, 9.17) is 4.74 Å². The topological polar surface area (TPSA) is 26.3 Å². The van der Waals surface area contributed by atoms with E-state index in [2.05, 4.69) is 19.9 Å². The molecule has 2 unspecified atom stereocenters. The molecule has 0 bridgehead atoms. The molecular formula is C13H20O2. The van der Waals surface area contributed by atoms with Crippen molar-refractivity contribution in [2.45, 2.75) is 27.2 Å². The normalized spacial score (nSPS) is 31.5. The molecule has 0 radical (unpaired) electrons. The number of hydrogen-bond donors (Lipinski definition) is 0. The summed E-state index contributed by atoms with van der Waals surface area (Å²) in [6.07, 6.45) is 7.01. The molecule has 0 saturated heterocycles. The third kappa shape index (κ3) is 2.71. The zero-order chi connectivity index (χ0) is 11.4. The molecule has 0 aromatic heterocycles. The van der Waals surface area contributed by atoms with Crippen LogP contribution in [0.5, 0.6) is 0 Å². The molecule has 1 aliphatic carbocycles. The van der Waals surface area contributed by atoms with Crippen molar-refractivity contribution < 1.29 is 9.53 Å². The summed E-state index contributed by atoms with van der Waals surface area (Å²) in [7, 11) is 1.42. The first-order valence-corrected chi connectivity index (χ1v) is 5.53. The highest BCUT2D eigenvalue weighted by Crippen LogP contribution is 2.41. The zero-order valence-electron chi connectivity index (χ0n) is 9.99. The molecule has 0 amide bonds. The van der Waals surface area contributed by atoms with Gasteiger partial charge in [0, 0.05) is 0 Å². The fraction of sp³-hybridized carbons (Fsp3) is 0.615.